The van der Waals surface area contributed by atoms with Gasteiger partial charge in [0.05, 0.1) is 0 Å². The van der Waals surface area contributed by atoms with Crippen molar-refractivity contribution >= 4 is 0 Å². The zero-order valence-electron chi connectivity index (χ0n) is 9.75. The molecule has 1 aliphatic carbocycles. The summed E-state index contributed by atoms with van der Waals surface area (Å²) in [5.74, 6) is 0. The summed E-state index contributed by atoms with van der Waals surface area (Å²) < 4.78 is 0. The van der Waals surface area contributed by atoms with Gasteiger partial charge in [0.25, 0.3) is 0 Å². The second-order valence-electron chi connectivity index (χ2n) is 4.82. The fourth-order valence-electron chi connectivity index (χ4n) is 2.58. The quantitative estimate of drug-likeness (QED) is 0.550. The maximum absolute atomic E-state index is 3.63. The Balaban J connectivity index is 1.50. The monoisotopic (exact) mass is 208 g/mol. The van der Waals surface area contributed by atoms with Crippen LogP contribution in [0.25, 0.3) is 0 Å². The van der Waals surface area contributed by atoms with E-state index in [9.17, 15) is 0 Å². The Hall–Kier alpha value is -0.340. The molecule has 0 aromatic heterocycles. The van der Waals surface area contributed by atoms with E-state index in [1.54, 1.807) is 0 Å². The van der Waals surface area contributed by atoms with Gasteiger partial charge in [-0.2, -0.15) is 0 Å². The minimum atomic E-state index is 0.664. The molecular weight excluding hydrogens is 184 g/mol. The van der Waals surface area contributed by atoms with E-state index in [0.29, 0.717) is 6.04 Å². The number of allylic oxidation sites excluding steroid dienone is 1. The predicted molar refractivity (Wildman–Crippen MR) is 65.1 cm³/mol. The summed E-state index contributed by atoms with van der Waals surface area (Å²) in [5.41, 5.74) is 0. The summed E-state index contributed by atoms with van der Waals surface area (Å²) in [5, 5.41) is 3.63. The molecule has 0 radical (unpaired) electrons. The Morgan fingerprint density at radius 1 is 1.20 bits per heavy atom. The maximum Gasteiger partial charge on any atom is 0.0250 e. The Labute approximate surface area is 93.7 Å². The van der Waals surface area contributed by atoms with Gasteiger partial charge >= 0.3 is 0 Å². The second kappa shape index (κ2) is 6.29. The maximum atomic E-state index is 3.63. The molecule has 1 saturated heterocycles. The van der Waals surface area contributed by atoms with Crippen LogP contribution in [0.2, 0.25) is 0 Å². The number of nitrogens with zero attached hydrogens (tertiary/aromatic N) is 1. The van der Waals surface area contributed by atoms with Crippen LogP contribution in [-0.4, -0.2) is 37.1 Å². The molecule has 0 saturated carbocycles. The molecular formula is C13H24N2. The molecule has 0 aromatic carbocycles. The average Bonchev–Trinajstić information content (AvgIpc) is 2.79. The molecule has 2 aliphatic rings. The molecule has 0 amide bonds. The molecule has 1 atom stereocenters. The third-order valence-corrected chi connectivity index (χ3v) is 3.51. The summed E-state index contributed by atoms with van der Waals surface area (Å²) in [6, 6.07) is 0.664. The van der Waals surface area contributed by atoms with Crippen LogP contribution in [0.5, 0.6) is 0 Å². The number of nitrogens with one attached hydrogen (secondary N) is 1. The van der Waals surface area contributed by atoms with Crippen molar-refractivity contribution < 1.29 is 0 Å². The fourth-order valence-corrected chi connectivity index (χ4v) is 2.58. The van der Waals surface area contributed by atoms with E-state index >= 15 is 0 Å². The molecule has 2 rings (SSSR count). The Morgan fingerprint density at radius 2 is 2.07 bits per heavy atom. The number of hydrogen-bond donors (Lipinski definition) is 1. The predicted octanol–water partition coefficient (Wildman–Crippen LogP) is 2.17. The SMILES string of the molecule is C1=CC(NCCCN2CCCC2)CCC1. The summed E-state index contributed by atoms with van der Waals surface area (Å²) in [4.78, 5) is 2.60. The highest BCUT2D eigenvalue weighted by atomic mass is 15.1. The molecule has 15 heavy (non-hydrogen) atoms. The van der Waals surface area contributed by atoms with Crippen LogP contribution in [0, 0.1) is 0 Å². The molecule has 0 spiro atoms. The van der Waals surface area contributed by atoms with Gasteiger partial charge in [-0.05, 0) is 64.7 Å². The highest BCUT2D eigenvalue weighted by Gasteiger charge is 2.11. The van der Waals surface area contributed by atoms with Crippen molar-refractivity contribution in [2.24, 2.45) is 0 Å². The van der Waals surface area contributed by atoms with Gasteiger partial charge in [0.1, 0.15) is 0 Å². The van der Waals surface area contributed by atoms with E-state index in [-0.39, 0.29) is 0 Å². The lowest BCUT2D eigenvalue weighted by molar-refractivity contribution is 0.328. The first kappa shape index (κ1) is 11.2. The normalized spacial score (nSPS) is 27.3. The highest BCUT2D eigenvalue weighted by Crippen LogP contribution is 2.10. The molecule has 1 unspecified atom stereocenters. The molecule has 2 nitrogen and oxygen atoms in total. The lowest BCUT2D eigenvalue weighted by atomic mass is 10.0. The van der Waals surface area contributed by atoms with Crippen LogP contribution in [-0.2, 0) is 0 Å². The van der Waals surface area contributed by atoms with Crippen LogP contribution in [0.4, 0.5) is 0 Å². The van der Waals surface area contributed by atoms with Crippen molar-refractivity contribution in [1.82, 2.24) is 10.2 Å². The fraction of sp³-hybridized carbons (Fsp3) is 0.846. The Kier molecular flexibility index (Phi) is 4.68. The molecule has 1 heterocycles. The van der Waals surface area contributed by atoms with Gasteiger partial charge in [0.2, 0.25) is 0 Å². The van der Waals surface area contributed by atoms with Crippen molar-refractivity contribution in [3.63, 3.8) is 0 Å². The van der Waals surface area contributed by atoms with Crippen LogP contribution in [0.3, 0.4) is 0 Å². The third kappa shape index (κ3) is 3.96. The van der Waals surface area contributed by atoms with Crippen molar-refractivity contribution in [3.05, 3.63) is 12.2 Å². The van der Waals surface area contributed by atoms with E-state index in [4.69, 9.17) is 0 Å². The zero-order chi connectivity index (χ0) is 10.3. The van der Waals surface area contributed by atoms with Gasteiger partial charge in [0.15, 0.2) is 0 Å². The van der Waals surface area contributed by atoms with Crippen molar-refractivity contribution in [3.8, 4) is 0 Å². The Morgan fingerprint density at radius 3 is 2.80 bits per heavy atom. The van der Waals surface area contributed by atoms with Crippen LogP contribution >= 0.6 is 0 Å². The summed E-state index contributed by atoms with van der Waals surface area (Å²) >= 11 is 0. The molecule has 2 heteroatoms. The topological polar surface area (TPSA) is 15.3 Å². The van der Waals surface area contributed by atoms with Crippen molar-refractivity contribution in [2.45, 2.75) is 44.6 Å². The van der Waals surface area contributed by atoms with Gasteiger partial charge in [-0.3, -0.25) is 0 Å². The molecule has 1 aliphatic heterocycles. The third-order valence-electron chi connectivity index (χ3n) is 3.51. The van der Waals surface area contributed by atoms with Gasteiger partial charge in [-0.1, -0.05) is 12.2 Å². The molecule has 0 aromatic rings. The van der Waals surface area contributed by atoms with E-state index in [0.717, 1.165) is 0 Å². The van der Waals surface area contributed by atoms with E-state index < -0.39 is 0 Å². The first-order chi connectivity index (χ1) is 7.45. The first-order valence-electron chi connectivity index (χ1n) is 6.57. The minimum absolute atomic E-state index is 0.664. The smallest absolute Gasteiger partial charge is 0.0250 e. The number of hydrogen-bond acceptors (Lipinski definition) is 2. The van der Waals surface area contributed by atoms with E-state index in [1.165, 1.54) is 64.7 Å². The molecule has 1 fully saturated rings. The van der Waals surface area contributed by atoms with Crippen molar-refractivity contribution in [2.75, 3.05) is 26.2 Å². The van der Waals surface area contributed by atoms with E-state index in [1.807, 2.05) is 0 Å². The number of rotatable bonds is 5. The number of likely N-dealkylation sites (tertiary alicyclic amines) is 1. The second-order valence-corrected chi connectivity index (χ2v) is 4.82. The van der Waals surface area contributed by atoms with Gasteiger partial charge in [-0.15, -0.1) is 0 Å². The first-order valence-corrected chi connectivity index (χ1v) is 6.57. The van der Waals surface area contributed by atoms with Gasteiger partial charge in [-0.25, -0.2) is 0 Å². The van der Waals surface area contributed by atoms with Crippen molar-refractivity contribution in [1.29, 1.82) is 0 Å². The summed E-state index contributed by atoms with van der Waals surface area (Å²) in [7, 11) is 0. The average molecular weight is 208 g/mol. The van der Waals surface area contributed by atoms with Gasteiger partial charge < -0.3 is 10.2 Å². The van der Waals surface area contributed by atoms with Crippen LogP contribution in [0.15, 0.2) is 12.2 Å². The minimum Gasteiger partial charge on any atom is -0.310 e. The van der Waals surface area contributed by atoms with Crippen LogP contribution < -0.4 is 5.32 Å². The lowest BCUT2D eigenvalue weighted by Gasteiger charge is -2.19. The molecule has 1 N–H and O–H groups in total. The van der Waals surface area contributed by atoms with E-state index in [2.05, 4.69) is 22.4 Å². The molecule has 0 bridgehead atoms. The van der Waals surface area contributed by atoms with Crippen LogP contribution in [0.1, 0.15) is 38.5 Å². The summed E-state index contributed by atoms with van der Waals surface area (Å²) in [6.45, 7) is 5.15. The highest BCUT2D eigenvalue weighted by molar-refractivity contribution is 4.97. The zero-order valence-corrected chi connectivity index (χ0v) is 9.75. The standard InChI is InChI=1S/C13H24N2/c1-2-7-13(8-3-1)14-9-6-12-15-10-4-5-11-15/h2,7,13-14H,1,3-6,8-12H2. The van der Waals surface area contributed by atoms with Gasteiger partial charge in [0, 0.05) is 6.04 Å². The lowest BCUT2D eigenvalue weighted by Crippen LogP contribution is -2.31. The largest absolute Gasteiger partial charge is 0.310 e. The Bertz CT molecular complexity index is 195. The summed E-state index contributed by atoms with van der Waals surface area (Å²) in [6.07, 6.45) is 12.8. The molecule has 86 valence electrons.